The molecule has 1 aliphatic rings. The number of amides is 1. The van der Waals surface area contributed by atoms with Crippen molar-refractivity contribution in [3.63, 3.8) is 0 Å². The Kier molecular flexibility index (Phi) is 2.24. The second kappa shape index (κ2) is 3.63. The highest BCUT2D eigenvalue weighted by Crippen LogP contribution is 2.27. The van der Waals surface area contributed by atoms with Gasteiger partial charge in [0.1, 0.15) is 5.58 Å². The van der Waals surface area contributed by atoms with Gasteiger partial charge in [-0.1, -0.05) is 22.0 Å². The molecule has 1 aliphatic carbocycles. The van der Waals surface area contributed by atoms with Crippen molar-refractivity contribution in [1.29, 1.82) is 0 Å². The molecule has 82 valence electrons. The van der Waals surface area contributed by atoms with Gasteiger partial charge in [-0.05, 0) is 31.0 Å². The van der Waals surface area contributed by atoms with Crippen LogP contribution in [0.4, 0.5) is 0 Å². The van der Waals surface area contributed by atoms with Gasteiger partial charge in [-0.3, -0.25) is 4.79 Å². The number of furan rings is 1. The summed E-state index contributed by atoms with van der Waals surface area (Å²) in [7, 11) is 0. The minimum Gasteiger partial charge on any atom is -0.451 e. The molecule has 16 heavy (non-hydrogen) atoms. The van der Waals surface area contributed by atoms with Gasteiger partial charge in [0, 0.05) is 15.9 Å². The van der Waals surface area contributed by atoms with Crippen molar-refractivity contribution in [3.05, 3.63) is 34.5 Å². The zero-order valence-corrected chi connectivity index (χ0v) is 10.1. The Bertz CT molecular complexity index is 557. The van der Waals surface area contributed by atoms with Crippen LogP contribution in [0.1, 0.15) is 23.4 Å². The fraction of sp³-hybridized carbons (Fsp3) is 0.250. The highest BCUT2D eigenvalue weighted by atomic mass is 79.9. The summed E-state index contributed by atoms with van der Waals surface area (Å²) in [6.45, 7) is 0. The van der Waals surface area contributed by atoms with E-state index in [-0.39, 0.29) is 5.91 Å². The maximum absolute atomic E-state index is 11.8. The van der Waals surface area contributed by atoms with Crippen LogP contribution in [0.5, 0.6) is 0 Å². The Morgan fingerprint density at radius 2 is 2.25 bits per heavy atom. The van der Waals surface area contributed by atoms with E-state index in [0.29, 0.717) is 11.8 Å². The molecule has 2 aromatic rings. The summed E-state index contributed by atoms with van der Waals surface area (Å²) in [6, 6.07) is 7.80. The number of rotatable bonds is 2. The van der Waals surface area contributed by atoms with E-state index in [1.807, 2.05) is 18.2 Å². The minimum atomic E-state index is -0.120. The molecule has 1 amide bonds. The molecule has 0 aliphatic heterocycles. The first-order valence-corrected chi connectivity index (χ1v) is 6.02. The Morgan fingerprint density at radius 1 is 1.44 bits per heavy atom. The summed E-state index contributed by atoms with van der Waals surface area (Å²) in [5.74, 6) is 0.263. The van der Waals surface area contributed by atoms with Crippen LogP contribution in [0.25, 0.3) is 11.0 Å². The fourth-order valence-electron chi connectivity index (χ4n) is 1.62. The number of fused-ring (bicyclic) bond motifs is 1. The predicted octanol–water partition coefficient (Wildman–Crippen LogP) is 3.09. The SMILES string of the molecule is O=C(NC1CC1)c1cc2c(Br)cccc2o1. The van der Waals surface area contributed by atoms with Gasteiger partial charge < -0.3 is 9.73 Å². The minimum absolute atomic E-state index is 0.120. The molecule has 1 aromatic heterocycles. The lowest BCUT2D eigenvalue weighted by Gasteiger charge is -1.97. The van der Waals surface area contributed by atoms with Crippen LogP contribution < -0.4 is 5.32 Å². The number of halogens is 1. The van der Waals surface area contributed by atoms with Crippen molar-refractivity contribution in [3.8, 4) is 0 Å². The summed E-state index contributed by atoms with van der Waals surface area (Å²) in [5, 5.41) is 3.84. The van der Waals surface area contributed by atoms with E-state index in [0.717, 1.165) is 28.3 Å². The third-order valence-corrected chi connectivity index (χ3v) is 3.34. The molecule has 0 bridgehead atoms. The van der Waals surface area contributed by atoms with E-state index < -0.39 is 0 Å². The molecule has 1 heterocycles. The average Bonchev–Trinajstić information content (AvgIpc) is 2.95. The highest BCUT2D eigenvalue weighted by Gasteiger charge is 2.25. The van der Waals surface area contributed by atoms with Crippen LogP contribution in [0.2, 0.25) is 0 Å². The second-order valence-corrected chi connectivity index (χ2v) is 4.86. The summed E-state index contributed by atoms with van der Waals surface area (Å²) >= 11 is 3.43. The van der Waals surface area contributed by atoms with Crippen molar-refractivity contribution in [1.82, 2.24) is 5.32 Å². The van der Waals surface area contributed by atoms with Crippen LogP contribution in [0.15, 0.2) is 33.2 Å². The van der Waals surface area contributed by atoms with E-state index in [4.69, 9.17) is 4.42 Å². The quantitative estimate of drug-likeness (QED) is 0.918. The van der Waals surface area contributed by atoms with Crippen molar-refractivity contribution in [2.24, 2.45) is 0 Å². The molecular weight excluding hydrogens is 270 g/mol. The zero-order chi connectivity index (χ0) is 11.1. The lowest BCUT2D eigenvalue weighted by atomic mass is 10.2. The summed E-state index contributed by atoms with van der Waals surface area (Å²) < 4.78 is 6.44. The highest BCUT2D eigenvalue weighted by molar-refractivity contribution is 9.10. The molecule has 1 saturated carbocycles. The summed E-state index contributed by atoms with van der Waals surface area (Å²) in [6.07, 6.45) is 2.16. The maximum Gasteiger partial charge on any atom is 0.287 e. The Hall–Kier alpha value is -1.29. The molecular formula is C12H10BrNO2. The van der Waals surface area contributed by atoms with Crippen molar-refractivity contribution >= 4 is 32.8 Å². The first-order chi connectivity index (χ1) is 7.74. The maximum atomic E-state index is 11.8. The molecule has 1 fully saturated rings. The summed E-state index contributed by atoms with van der Waals surface area (Å²) in [4.78, 5) is 11.8. The molecule has 0 radical (unpaired) electrons. The van der Waals surface area contributed by atoms with Crippen molar-refractivity contribution in [2.75, 3.05) is 0 Å². The molecule has 0 unspecified atom stereocenters. The molecule has 1 N–H and O–H groups in total. The fourth-order valence-corrected chi connectivity index (χ4v) is 2.08. The van der Waals surface area contributed by atoms with Gasteiger partial charge in [-0.25, -0.2) is 0 Å². The third-order valence-electron chi connectivity index (χ3n) is 2.64. The standard InChI is InChI=1S/C12H10BrNO2/c13-9-2-1-3-10-8(9)6-11(16-10)12(15)14-7-4-5-7/h1-3,6-7H,4-5H2,(H,14,15). The van der Waals surface area contributed by atoms with Crippen LogP contribution >= 0.6 is 15.9 Å². The lowest BCUT2D eigenvalue weighted by Crippen LogP contribution is -2.24. The van der Waals surface area contributed by atoms with Crippen LogP contribution in [-0.2, 0) is 0 Å². The van der Waals surface area contributed by atoms with Gasteiger partial charge in [0.25, 0.3) is 5.91 Å². The van der Waals surface area contributed by atoms with Gasteiger partial charge >= 0.3 is 0 Å². The smallest absolute Gasteiger partial charge is 0.287 e. The largest absolute Gasteiger partial charge is 0.451 e. The van der Waals surface area contributed by atoms with Crippen LogP contribution in [0.3, 0.4) is 0 Å². The van der Waals surface area contributed by atoms with E-state index >= 15 is 0 Å². The zero-order valence-electron chi connectivity index (χ0n) is 8.50. The number of carbonyl (C=O) groups excluding carboxylic acids is 1. The van der Waals surface area contributed by atoms with Crippen LogP contribution in [-0.4, -0.2) is 11.9 Å². The average molecular weight is 280 g/mol. The van der Waals surface area contributed by atoms with Gasteiger partial charge in [0.15, 0.2) is 5.76 Å². The van der Waals surface area contributed by atoms with Crippen molar-refractivity contribution in [2.45, 2.75) is 18.9 Å². The number of benzene rings is 1. The molecule has 1 aromatic carbocycles. The lowest BCUT2D eigenvalue weighted by molar-refractivity contribution is 0.0925. The molecule has 0 atom stereocenters. The van der Waals surface area contributed by atoms with E-state index in [1.165, 1.54) is 0 Å². The van der Waals surface area contributed by atoms with Gasteiger partial charge in [-0.2, -0.15) is 0 Å². The predicted molar refractivity (Wildman–Crippen MR) is 64.4 cm³/mol. The van der Waals surface area contributed by atoms with Gasteiger partial charge in [0.2, 0.25) is 0 Å². The number of hydrogen-bond acceptors (Lipinski definition) is 2. The topological polar surface area (TPSA) is 42.2 Å². The molecule has 3 nitrogen and oxygen atoms in total. The van der Waals surface area contributed by atoms with E-state index in [1.54, 1.807) is 6.07 Å². The molecule has 3 rings (SSSR count). The Morgan fingerprint density at radius 3 is 2.94 bits per heavy atom. The molecule has 4 heteroatoms. The third kappa shape index (κ3) is 1.73. The normalized spacial score (nSPS) is 15.3. The second-order valence-electron chi connectivity index (χ2n) is 4.01. The number of carbonyl (C=O) groups is 1. The van der Waals surface area contributed by atoms with Gasteiger partial charge in [-0.15, -0.1) is 0 Å². The van der Waals surface area contributed by atoms with E-state index in [9.17, 15) is 4.79 Å². The van der Waals surface area contributed by atoms with E-state index in [2.05, 4.69) is 21.2 Å². The number of hydrogen-bond donors (Lipinski definition) is 1. The van der Waals surface area contributed by atoms with Gasteiger partial charge in [0.05, 0.1) is 0 Å². The first-order valence-electron chi connectivity index (χ1n) is 5.23. The van der Waals surface area contributed by atoms with Crippen molar-refractivity contribution < 1.29 is 9.21 Å². The van der Waals surface area contributed by atoms with Crippen LogP contribution in [0, 0.1) is 0 Å². The Balaban J connectivity index is 1.97. The summed E-state index contributed by atoms with van der Waals surface area (Å²) in [5.41, 5.74) is 0.732. The molecule has 0 saturated heterocycles. The Labute approximate surface area is 101 Å². The monoisotopic (exact) mass is 279 g/mol. The first kappa shape index (κ1) is 9.90. The number of nitrogens with one attached hydrogen (secondary N) is 1. The molecule has 0 spiro atoms.